The molecule has 18 heavy (non-hydrogen) atoms. The normalized spacial score (nSPS) is 10.4. The van der Waals surface area contributed by atoms with E-state index in [0.717, 1.165) is 13.0 Å². The van der Waals surface area contributed by atoms with Crippen LogP contribution >= 0.6 is 0 Å². The van der Waals surface area contributed by atoms with Gasteiger partial charge in [0, 0.05) is 12.1 Å². The Morgan fingerprint density at radius 2 is 1.94 bits per heavy atom. The quantitative estimate of drug-likeness (QED) is 0.741. The predicted octanol–water partition coefficient (Wildman–Crippen LogP) is 1.07. The molecule has 1 aromatic rings. The zero-order chi connectivity index (χ0) is 13.5. The number of aromatic carboxylic acids is 1. The Morgan fingerprint density at radius 1 is 1.28 bits per heavy atom. The van der Waals surface area contributed by atoms with E-state index in [1.165, 1.54) is 12.1 Å². The van der Waals surface area contributed by atoms with Crippen LogP contribution in [0.4, 0.5) is 0 Å². The van der Waals surface area contributed by atoms with Gasteiger partial charge in [0.05, 0.1) is 5.56 Å². The van der Waals surface area contributed by atoms with Crippen LogP contribution in [-0.4, -0.2) is 49.1 Å². The van der Waals surface area contributed by atoms with Crippen molar-refractivity contribution in [2.45, 2.75) is 6.42 Å². The van der Waals surface area contributed by atoms with Crippen molar-refractivity contribution in [1.29, 1.82) is 0 Å². The minimum absolute atomic E-state index is 0.121. The number of nitrogens with zero attached hydrogens (tertiary/aromatic N) is 1. The third-order valence-corrected chi connectivity index (χ3v) is 2.44. The molecule has 0 aliphatic carbocycles. The molecule has 1 amide bonds. The van der Waals surface area contributed by atoms with Crippen LogP contribution in [-0.2, 0) is 0 Å². The third-order valence-electron chi connectivity index (χ3n) is 2.44. The van der Waals surface area contributed by atoms with Gasteiger partial charge in [0.25, 0.3) is 5.91 Å². The molecule has 5 heteroatoms. The summed E-state index contributed by atoms with van der Waals surface area (Å²) >= 11 is 0. The van der Waals surface area contributed by atoms with E-state index >= 15 is 0 Å². The van der Waals surface area contributed by atoms with Crippen LogP contribution in [0, 0.1) is 0 Å². The van der Waals surface area contributed by atoms with E-state index in [0.29, 0.717) is 12.1 Å². The standard InChI is InChI=1S/C13H18N2O3/c1-15(2)8-4-7-14-12(16)10-5-3-6-11(9-10)13(17)18/h3,5-6,9H,4,7-8H2,1-2H3,(H,14,16)(H,17,18). The fourth-order valence-corrected chi connectivity index (χ4v) is 1.49. The lowest BCUT2D eigenvalue weighted by Gasteiger charge is -2.10. The summed E-state index contributed by atoms with van der Waals surface area (Å²) in [5.41, 5.74) is 0.496. The molecule has 0 aromatic heterocycles. The maximum atomic E-state index is 11.7. The first-order valence-corrected chi connectivity index (χ1v) is 5.77. The van der Waals surface area contributed by atoms with E-state index in [-0.39, 0.29) is 11.5 Å². The van der Waals surface area contributed by atoms with E-state index in [9.17, 15) is 9.59 Å². The molecule has 0 aliphatic rings. The number of rotatable bonds is 6. The molecule has 0 radical (unpaired) electrons. The maximum absolute atomic E-state index is 11.7. The van der Waals surface area contributed by atoms with Crippen molar-refractivity contribution in [3.63, 3.8) is 0 Å². The SMILES string of the molecule is CN(C)CCCNC(=O)c1cccc(C(=O)O)c1. The number of carbonyl (C=O) groups excluding carboxylic acids is 1. The molecule has 1 aromatic carbocycles. The number of hydrogen-bond donors (Lipinski definition) is 2. The molecule has 0 saturated carbocycles. The van der Waals surface area contributed by atoms with E-state index < -0.39 is 5.97 Å². The second-order valence-corrected chi connectivity index (χ2v) is 4.30. The highest BCUT2D eigenvalue weighted by Crippen LogP contribution is 2.05. The van der Waals surface area contributed by atoms with Crippen LogP contribution in [0.25, 0.3) is 0 Å². The third kappa shape index (κ3) is 4.55. The summed E-state index contributed by atoms with van der Waals surface area (Å²) in [6.07, 6.45) is 0.858. The number of nitrogens with one attached hydrogen (secondary N) is 1. The first kappa shape index (κ1) is 14.2. The summed E-state index contributed by atoms with van der Waals surface area (Å²) in [5.74, 6) is -1.27. The molecule has 98 valence electrons. The first-order chi connectivity index (χ1) is 8.50. The Kier molecular flexibility index (Phi) is 5.32. The van der Waals surface area contributed by atoms with Crippen LogP contribution in [0.3, 0.4) is 0 Å². The van der Waals surface area contributed by atoms with E-state index in [4.69, 9.17) is 5.11 Å². The van der Waals surface area contributed by atoms with Crippen LogP contribution in [0.5, 0.6) is 0 Å². The second-order valence-electron chi connectivity index (χ2n) is 4.30. The van der Waals surface area contributed by atoms with E-state index in [1.54, 1.807) is 12.1 Å². The molecule has 0 saturated heterocycles. The summed E-state index contributed by atoms with van der Waals surface area (Å²) in [4.78, 5) is 24.6. The molecular formula is C13H18N2O3. The average molecular weight is 250 g/mol. The van der Waals surface area contributed by atoms with E-state index in [2.05, 4.69) is 5.32 Å². The van der Waals surface area contributed by atoms with Crippen molar-refractivity contribution in [3.8, 4) is 0 Å². The lowest BCUT2D eigenvalue weighted by atomic mass is 10.1. The van der Waals surface area contributed by atoms with Crippen molar-refractivity contribution >= 4 is 11.9 Å². The highest BCUT2D eigenvalue weighted by Gasteiger charge is 2.08. The predicted molar refractivity (Wildman–Crippen MR) is 68.9 cm³/mol. The van der Waals surface area contributed by atoms with Crippen molar-refractivity contribution in [2.75, 3.05) is 27.2 Å². The number of carboxylic acid groups (broad SMARTS) is 1. The summed E-state index contributed by atoms with van der Waals surface area (Å²) < 4.78 is 0. The maximum Gasteiger partial charge on any atom is 0.335 e. The lowest BCUT2D eigenvalue weighted by molar-refractivity contribution is 0.0697. The molecule has 2 N–H and O–H groups in total. The Morgan fingerprint density at radius 3 is 2.56 bits per heavy atom. The molecular weight excluding hydrogens is 232 g/mol. The van der Waals surface area contributed by atoms with Crippen LogP contribution in [0.15, 0.2) is 24.3 Å². The molecule has 5 nitrogen and oxygen atoms in total. The number of hydrogen-bond acceptors (Lipinski definition) is 3. The van der Waals surface area contributed by atoms with Gasteiger partial charge < -0.3 is 15.3 Å². The van der Waals surface area contributed by atoms with Gasteiger partial charge in [0.15, 0.2) is 0 Å². The molecule has 0 fully saturated rings. The number of benzene rings is 1. The Bertz CT molecular complexity index is 430. The molecule has 0 heterocycles. The minimum atomic E-state index is -1.03. The Labute approximate surface area is 106 Å². The molecule has 0 atom stereocenters. The zero-order valence-corrected chi connectivity index (χ0v) is 10.6. The van der Waals surface area contributed by atoms with Gasteiger partial charge in [-0.3, -0.25) is 4.79 Å². The summed E-state index contributed by atoms with van der Waals surface area (Å²) in [5, 5.41) is 11.6. The molecule has 0 bridgehead atoms. The minimum Gasteiger partial charge on any atom is -0.478 e. The van der Waals surface area contributed by atoms with Gasteiger partial charge in [-0.25, -0.2) is 4.79 Å². The van der Waals surface area contributed by atoms with Crippen LogP contribution < -0.4 is 5.32 Å². The highest BCUT2D eigenvalue weighted by molar-refractivity contribution is 5.97. The largest absolute Gasteiger partial charge is 0.478 e. The van der Waals surface area contributed by atoms with Crippen molar-refractivity contribution in [2.24, 2.45) is 0 Å². The number of carbonyl (C=O) groups is 2. The van der Waals surface area contributed by atoms with Crippen molar-refractivity contribution in [1.82, 2.24) is 10.2 Å². The molecule has 0 spiro atoms. The van der Waals surface area contributed by atoms with E-state index in [1.807, 2.05) is 19.0 Å². The molecule has 1 rings (SSSR count). The topological polar surface area (TPSA) is 69.6 Å². The fraction of sp³-hybridized carbons (Fsp3) is 0.385. The van der Waals surface area contributed by atoms with Crippen LogP contribution in [0.2, 0.25) is 0 Å². The Balaban J connectivity index is 2.51. The zero-order valence-electron chi connectivity index (χ0n) is 10.6. The summed E-state index contributed by atoms with van der Waals surface area (Å²) in [6, 6.07) is 6.01. The van der Waals surface area contributed by atoms with Gasteiger partial charge >= 0.3 is 5.97 Å². The van der Waals surface area contributed by atoms with Gasteiger partial charge in [-0.2, -0.15) is 0 Å². The Hall–Kier alpha value is -1.88. The van der Waals surface area contributed by atoms with Crippen molar-refractivity contribution in [3.05, 3.63) is 35.4 Å². The van der Waals surface area contributed by atoms with Gasteiger partial charge in [-0.1, -0.05) is 6.07 Å². The van der Waals surface area contributed by atoms with Crippen LogP contribution in [0.1, 0.15) is 27.1 Å². The first-order valence-electron chi connectivity index (χ1n) is 5.77. The summed E-state index contributed by atoms with van der Waals surface area (Å²) in [6.45, 7) is 1.48. The summed E-state index contributed by atoms with van der Waals surface area (Å²) in [7, 11) is 3.94. The highest BCUT2D eigenvalue weighted by atomic mass is 16.4. The number of carboxylic acids is 1. The van der Waals surface area contributed by atoms with Crippen molar-refractivity contribution < 1.29 is 14.7 Å². The average Bonchev–Trinajstić information content (AvgIpc) is 2.34. The van der Waals surface area contributed by atoms with Gasteiger partial charge in [0.1, 0.15) is 0 Å². The second kappa shape index (κ2) is 6.76. The van der Waals surface area contributed by atoms with Gasteiger partial charge in [0.2, 0.25) is 0 Å². The smallest absolute Gasteiger partial charge is 0.335 e. The molecule has 0 unspecified atom stereocenters. The molecule has 0 aliphatic heterocycles. The monoisotopic (exact) mass is 250 g/mol. The number of amides is 1. The van der Waals surface area contributed by atoms with Gasteiger partial charge in [-0.15, -0.1) is 0 Å². The fourth-order valence-electron chi connectivity index (χ4n) is 1.49. The van der Waals surface area contributed by atoms with Gasteiger partial charge in [-0.05, 0) is 45.3 Å². The lowest BCUT2D eigenvalue weighted by Crippen LogP contribution is -2.27.